The van der Waals surface area contributed by atoms with E-state index in [2.05, 4.69) is 4.57 Å². The first-order valence-corrected chi connectivity index (χ1v) is 15.5. The zero-order valence-corrected chi connectivity index (χ0v) is 25.9. The van der Waals surface area contributed by atoms with Gasteiger partial charge in [0.15, 0.2) is 5.78 Å². The van der Waals surface area contributed by atoms with E-state index in [0.717, 1.165) is 39.5 Å². The van der Waals surface area contributed by atoms with Gasteiger partial charge >= 0.3 is 0 Å². The summed E-state index contributed by atoms with van der Waals surface area (Å²) in [5, 5.41) is 1.23. The molecular formula is C36H35Cl2N3O3. The number of Topliss-reactive ketones (excluding diaryl/α,β-unsaturated/α-hetero) is 1. The van der Waals surface area contributed by atoms with Crippen LogP contribution < -0.4 is 5.73 Å². The molecule has 0 aliphatic carbocycles. The van der Waals surface area contributed by atoms with Crippen molar-refractivity contribution in [1.29, 1.82) is 0 Å². The smallest absolute Gasteiger partial charge is 0.162 e. The number of hydrogen-bond acceptors (Lipinski definition) is 5. The van der Waals surface area contributed by atoms with Gasteiger partial charge < -0.3 is 19.8 Å². The first-order chi connectivity index (χ1) is 21.6. The van der Waals surface area contributed by atoms with E-state index in [4.69, 9.17) is 43.4 Å². The maximum atomic E-state index is 12.9. The van der Waals surface area contributed by atoms with Crippen LogP contribution in [0.15, 0.2) is 103 Å². The highest BCUT2D eigenvalue weighted by Crippen LogP contribution is 2.41. The standard InChI is InChI=1S/C36H35Cl2N3O3/c37-31-13-6-4-11-29(31)34-35(30-12-5-7-14-32(30)38)41(36(40-34)28-9-2-1-3-10-28)25-26-16-18-27(19-17-26)33(42)15-8-21-43-23-24-44-22-20-39/h1-7,9-14,16-19H,8,15,20-25,39H2. The number of ketones is 1. The molecule has 0 fully saturated rings. The van der Waals surface area contributed by atoms with E-state index in [1.807, 2.05) is 103 Å². The quantitative estimate of drug-likeness (QED) is 0.0934. The van der Waals surface area contributed by atoms with E-state index in [1.165, 1.54) is 0 Å². The highest BCUT2D eigenvalue weighted by atomic mass is 35.5. The fourth-order valence-corrected chi connectivity index (χ4v) is 5.50. The second-order valence-corrected chi connectivity index (χ2v) is 11.1. The zero-order chi connectivity index (χ0) is 30.7. The minimum Gasteiger partial charge on any atom is -0.379 e. The van der Waals surface area contributed by atoms with Crippen molar-refractivity contribution in [2.24, 2.45) is 5.73 Å². The summed E-state index contributed by atoms with van der Waals surface area (Å²) in [4.78, 5) is 18.0. The summed E-state index contributed by atoms with van der Waals surface area (Å²) in [6.45, 7) is 3.05. The molecule has 5 rings (SSSR count). The average Bonchev–Trinajstić information content (AvgIpc) is 3.41. The number of hydrogen-bond donors (Lipinski definition) is 1. The summed E-state index contributed by atoms with van der Waals surface area (Å²) in [7, 11) is 0. The molecule has 1 heterocycles. The Labute approximate surface area is 268 Å². The number of ether oxygens (including phenoxy) is 2. The molecule has 0 amide bonds. The molecule has 4 aromatic carbocycles. The van der Waals surface area contributed by atoms with Crippen LogP contribution in [0.5, 0.6) is 0 Å². The number of benzene rings is 4. The Morgan fingerprint density at radius 1 is 0.727 bits per heavy atom. The van der Waals surface area contributed by atoms with Crippen LogP contribution in [0.1, 0.15) is 28.8 Å². The van der Waals surface area contributed by atoms with Crippen LogP contribution in [-0.2, 0) is 16.0 Å². The number of carbonyl (C=O) groups is 1. The van der Waals surface area contributed by atoms with E-state index < -0.39 is 0 Å². The third kappa shape index (κ3) is 7.83. The molecule has 226 valence electrons. The number of rotatable bonds is 15. The third-order valence-corrected chi connectivity index (χ3v) is 7.86. The van der Waals surface area contributed by atoms with E-state index in [0.29, 0.717) is 68.0 Å². The van der Waals surface area contributed by atoms with Gasteiger partial charge in [0.1, 0.15) is 5.82 Å². The fraction of sp³-hybridized carbons (Fsp3) is 0.222. The van der Waals surface area contributed by atoms with Crippen molar-refractivity contribution >= 4 is 29.0 Å². The molecule has 0 radical (unpaired) electrons. The average molecular weight is 629 g/mol. The molecule has 0 bridgehead atoms. The van der Waals surface area contributed by atoms with Crippen molar-refractivity contribution < 1.29 is 14.3 Å². The van der Waals surface area contributed by atoms with Crippen LogP contribution in [0.2, 0.25) is 10.0 Å². The number of imidazole rings is 1. The molecule has 1 aromatic heterocycles. The van der Waals surface area contributed by atoms with Crippen LogP contribution in [0, 0.1) is 0 Å². The molecule has 0 unspecified atom stereocenters. The molecule has 0 atom stereocenters. The zero-order valence-electron chi connectivity index (χ0n) is 24.4. The molecular weight excluding hydrogens is 593 g/mol. The molecule has 0 saturated carbocycles. The monoisotopic (exact) mass is 627 g/mol. The summed E-state index contributed by atoms with van der Waals surface area (Å²) in [5.41, 5.74) is 11.4. The lowest BCUT2D eigenvalue weighted by molar-refractivity contribution is 0.0489. The van der Waals surface area contributed by atoms with Gasteiger partial charge in [-0.25, -0.2) is 4.98 Å². The molecule has 0 aliphatic heterocycles. The largest absolute Gasteiger partial charge is 0.379 e. The number of nitrogens with two attached hydrogens (primary N) is 1. The predicted octanol–water partition coefficient (Wildman–Crippen LogP) is 8.19. The maximum Gasteiger partial charge on any atom is 0.162 e. The highest BCUT2D eigenvalue weighted by molar-refractivity contribution is 6.34. The molecule has 2 N–H and O–H groups in total. The molecule has 6 nitrogen and oxygen atoms in total. The molecule has 44 heavy (non-hydrogen) atoms. The summed E-state index contributed by atoms with van der Waals surface area (Å²) in [6, 6.07) is 33.3. The second kappa shape index (κ2) is 15.8. The highest BCUT2D eigenvalue weighted by Gasteiger charge is 2.24. The minimum absolute atomic E-state index is 0.0879. The Kier molecular flexibility index (Phi) is 11.4. The van der Waals surface area contributed by atoms with Gasteiger partial charge in [-0.05, 0) is 24.1 Å². The number of halogens is 2. The van der Waals surface area contributed by atoms with E-state index >= 15 is 0 Å². The van der Waals surface area contributed by atoms with Crippen molar-refractivity contribution in [3.63, 3.8) is 0 Å². The van der Waals surface area contributed by atoms with Gasteiger partial charge in [0.2, 0.25) is 0 Å². The molecule has 0 spiro atoms. The number of carbonyl (C=O) groups excluding carboxylic acids is 1. The van der Waals surface area contributed by atoms with Gasteiger partial charge in [0, 0.05) is 53.4 Å². The Bertz CT molecular complexity index is 1670. The summed E-state index contributed by atoms with van der Waals surface area (Å²) in [5.74, 6) is 0.883. The van der Waals surface area contributed by atoms with Gasteiger partial charge in [0.25, 0.3) is 0 Å². The van der Waals surface area contributed by atoms with Gasteiger partial charge in [-0.2, -0.15) is 0 Å². The lowest BCUT2D eigenvalue weighted by Crippen LogP contribution is -2.12. The topological polar surface area (TPSA) is 79.4 Å². The maximum absolute atomic E-state index is 12.9. The lowest BCUT2D eigenvalue weighted by Gasteiger charge is -2.15. The van der Waals surface area contributed by atoms with Gasteiger partial charge in [-0.3, -0.25) is 4.79 Å². The van der Waals surface area contributed by atoms with Crippen molar-refractivity contribution in [1.82, 2.24) is 9.55 Å². The Balaban J connectivity index is 1.43. The number of aromatic nitrogens is 2. The van der Waals surface area contributed by atoms with E-state index in [1.54, 1.807) is 0 Å². The van der Waals surface area contributed by atoms with Crippen LogP contribution in [0.25, 0.3) is 33.9 Å². The lowest BCUT2D eigenvalue weighted by atomic mass is 10.0. The van der Waals surface area contributed by atoms with Crippen LogP contribution in [0.3, 0.4) is 0 Å². The van der Waals surface area contributed by atoms with Crippen molar-refractivity contribution in [3.8, 4) is 33.9 Å². The van der Waals surface area contributed by atoms with Crippen LogP contribution >= 0.6 is 23.2 Å². The van der Waals surface area contributed by atoms with Crippen molar-refractivity contribution in [2.45, 2.75) is 19.4 Å². The van der Waals surface area contributed by atoms with E-state index in [9.17, 15) is 4.79 Å². The Morgan fingerprint density at radius 3 is 2.00 bits per heavy atom. The predicted molar refractivity (Wildman–Crippen MR) is 178 cm³/mol. The summed E-state index contributed by atoms with van der Waals surface area (Å²) < 4.78 is 13.0. The third-order valence-electron chi connectivity index (χ3n) is 7.20. The first-order valence-electron chi connectivity index (χ1n) is 14.7. The van der Waals surface area contributed by atoms with Crippen molar-refractivity contribution in [2.75, 3.05) is 33.0 Å². The molecule has 8 heteroatoms. The summed E-state index contributed by atoms with van der Waals surface area (Å²) in [6.07, 6.45) is 1.07. The van der Waals surface area contributed by atoms with Gasteiger partial charge in [0.05, 0.1) is 36.2 Å². The molecule has 5 aromatic rings. The fourth-order valence-electron chi connectivity index (χ4n) is 5.04. The van der Waals surface area contributed by atoms with Crippen LogP contribution in [0.4, 0.5) is 0 Å². The van der Waals surface area contributed by atoms with E-state index in [-0.39, 0.29) is 5.78 Å². The van der Waals surface area contributed by atoms with Gasteiger partial charge in [-0.15, -0.1) is 0 Å². The van der Waals surface area contributed by atoms with Gasteiger partial charge in [-0.1, -0.05) is 114 Å². The molecule has 0 aliphatic rings. The normalized spacial score (nSPS) is 11.2. The van der Waals surface area contributed by atoms with Crippen molar-refractivity contribution in [3.05, 3.63) is 124 Å². The van der Waals surface area contributed by atoms with Crippen LogP contribution in [-0.4, -0.2) is 48.3 Å². The Hall–Kier alpha value is -3.78. The second-order valence-electron chi connectivity index (χ2n) is 10.3. The summed E-state index contributed by atoms with van der Waals surface area (Å²) >= 11 is 13.5. The Morgan fingerprint density at radius 2 is 1.34 bits per heavy atom. The SMILES string of the molecule is NCCOCCOCCCC(=O)c1ccc(Cn2c(-c3ccccc3)nc(-c3ccccc3Cl)c2-c2ccccc2Cl)cc1. The minimum atomic E-state index is 0.0879. The first kappa shape index (κ1) is 31.6. The number of nitrogens with zero attached hydrogens (tertiary/aromatic N) is 2. The molecule has 0 saturated heterocycles.